The van der Waals surface area contributed by atoms with Crippen LogP contribution in [0.25, 0.3) is 0 Å². The molecule has 23 heavy (non-hydrogen) atoms. The van der Waals surface area contributed by atoms with Gasteiger partial charge in [0.15, 0.2) is 0 Å². The van der Waals surface area contributed by atoms with Crippen molar-refractivity contribution in [3.8, 4) is 0 Å². The summed E-state index contributed by atoms with van der Waals surface area (Å²) in [7, 11) is 0. The van der Waals surface area contributed by atoms with E-state index in [1.54, 1.807) is 0 Å². The number of rotatable bonds is 3. The maximum absolute atomic E-state index is 13.0. The SMILES string of the molecule is NC1(C(=O)N2CCCN(Cc3ccc(F)cc3)CC2)CCCC1. The zero-order valence-electron chi connectivity index (χ0n) is 13.6. The van der Waals surface area contributed by atoms with E-state index in [4.69, 9.17) is 5.73 Å². The molecule has 1 aliphatic heterocycles. The number of halogens is 1. The standard InChI is InChI=1S/C18H26FN3O/c19-16-6-4-15(5-7-16)14-21-10-3-11-22(13-12-21)17(23)18(20)8-1-2-9-18/h4-7H,1-3,8-14,20H2. The fourth-order valence-electron chi connectivity index (χ4n) is 3.71. The molecule has 2 N–H and O–H groups in total. The van der Waals surface area contributed by atoms with E-state index in [0.717, 1.165) is 70.4 Å². The molecule has 0 radical (unpaired) electrons. The summed E-state index contributed by atoms with van der Waals surface area (Å²) < 4.78 is 13.0. The Morgan fingerprint density at radius 1 is 1.04 bits per heavy atom. The van der Waals surface area contributed by atoms with Crippen LogP contribution in [0.5, 0.6) is 0 Å². The quantitative estimate of drug-likeness (QED) is 0.928. The van der Waals surface area contributed by atoms with Crippen LogP contribution in [0, 0.1) is 5.82 Å². The molecule has 3 rings (SSSR count). The van der Waals surface area contributed by atoms with Gasteiger partial charge in [0, 0.05) is 32.7 Å². The van der Waals surface area contributed by atoms with Gasteiger partial charge < -0.3 is 10.6 Å². The highest BCUT2D eigenvalue weighted by molar-refractivity contribution is 5.86. The van der Waals surface area contributed by atoms with Crippen molar-refractivity contribution in [3.05, 3.63) is 35.6 Å². The van der Waals surface area contributed by atoms with Crippen molar-refractivity contribution < 1.29 is 9.18 Å². The van der Waals surface area contributed by atoms with Gasteiger partial charge in [0.2, 0.25) is 5.91 Å². The van der Waals surface area contributed by atoms with Gasteiger partial charge in [-0.05, 0) is 37.0 Å². The Hall–Kier alpha value is -1.46. The zero-order chi connectivity index (χ0) is 16.3. The molecule has 2 fully saturated rings. The van der Waals surface area contributed by atoms with Crippen molar-refractivity contribution >= 4 is 5.91 Å². The number of amides is 1. The second-order valence-corrected chi connectivity index (χ2v) is 6.91. The third-order valence-corrected chi connectivity index (χ3v) is 5.12. The van der Waals surface area contributed by atoms with E-state index in [2.05, 4.69) is 4.90 Å². The number of carbonyl (C=O) groups is 1. The molecule has 0 bridgehead atoms. The Morgan fingerprint density at radius 2 is 1.74 bits per heavy atom. The molecule has 1 heterocycles. The summed E-state index contributed by atoms with van der Waals surface area (Å²) in [6.07, 6.45) is 4.73. The lowest BCUT2D eigenvalue weighted by atomic mass is 9.97. The summed E-state index contributed by atoms with van der Waals surface area (Å²) in [5, 5.41) is 0. The number of benzene rings is 1. The average molecular weight is 319 g/mol. The minimum absolute atomic E-state index is 0.138. The average Bonchev–Trinajstić information content (AvgIpc) is 2.87. The molecule has 126 valence electrons. The highest BCUT2D eigenvalue weighted by Crippen LogP contribution is 2.29. The Labute approximate surface area is 137 Å². The maximum Gasteiger partial charge on any atom is 0.242 e. The van der Waals surface area contributed by atoms with Crippen LogP contribution in [0.2, 0.25) is 0 Å². The van der Waals surface area contributed by atoms with Gasteiger partial charge in [-0.3, -0.25) is 9.69 Å². The van der Waals surface area contributed by atoms with E-state index >= 15 is 0 Å². The van der Waals surface area contributed by atoms with Crippen LogP contribution in [0.4, 0.5) is 4.39 Å². The van der Waals surface area contributed by atoms with Gasteiger partial charge in [-0.1, -0.05) is 25.0 Å². The van der Waals surface area contributed by atoms with Crippen molar-refractivity contribution in [3.63, 3.8) is 0 Å². The second-order valence-electron chi connectivity index (χ2n) is 6.91. The Kier molecular flexibility index (Phi) is 4.97. The number of nitrogens with zero attached hydrogens (tertiary/aromatic N) is 2. The van der Waals surface area contributed by atoms with Gasteiger partial charge in [-0.2, -0.15) is 0 Å². The van der Waals surface area contributed by atoms with Crippen LogP contribution < -0.4 is 5.73 Å². The predicted molar refractivity (Wildman–Crippen MR) is 88.3 cm³/mol. The van der Waals surface area contributed by atoms with E-state index in [-0.39, 0.29) is 11.7 Å². The van der Waals surface area contributed by atoms with Crippen molar-refractivity contribution in [2.24, 2.45) is 5.73 Å². The van der Waals surface area contributed by atoms with Crippen LogP contribution in [-0.2, 0) is 11.3 Å². The maximum atomic E-state index is 13.0. The summed E-state index contributed by atoms with van der Waals surface area (Å²) in [5.74, 6) is -0.0650. The molecule has 0 unspecified atom stereocenters. The van der Waals surface area contributed by atoms with Crippen molar-refractivity contribution in [2.45, 2.75) is 44.2 Å². The van der Waals surface area contributed by atoms with Crippen molar-refractivity contribution in [2.75, 3.05) is 26.2 Å². The van der Waals surface area contributed by atoms with Crippen LogP contribution in [0.3, 0.4) is 0 Å². The lowest BCUT2D eigenvalue weighted by Gasteiger charge is -2.30. The number of carbonyl (C=O) groups excluding carboxylic acids is 1. The molecular weight excluding hydrogens is 293 g/mol. The van der Waals surface area contributed by atoms with Gasteiger partial charge in [0.1, 0.15) is 5.82 Å². The minimum atomic E-state index is -0.619. The first kappa shape index (κ1) is 16.4. The molecule has 0 aromatic heterocycles. The molecule has 4 nitrogen and oxygen atoms in total. The topological polar surface area (TPSA) is 49.6 Å². The first-order valence-electron chi connectivity index (χ1n) is 8.62. The van der Waals surface area contributed by atoms with Gasteiger partial charge in [-0.25, -0.2) is 4.39 Å². The highest BCUT2D eigenvalue weighted by atomic mass is 19.1. The molecular formula is C18H26FN3O. The summed E-state index contributed by atoms with van der Waals surface area (Å²) in [6.45, 7) is 4.13. The van der Waals surface area contributed by atoms with Gasteiger partial charge in [0.25, 0.3) is 0 Å². The number of hydrogen-bond donors (Lipinski definition) is 1. The Balaban J connectivity index is 1.56. The molecule has 2 aliphatic rings. The normalized spacial score (nSPS) is 22.1. The van der Waals surface area contributed by atoms with E-state index < -0.39 is 5.54 Å². The third kappa shape index (κ3) is 3.90. The molecule has 1 saturated heterocycles. The summed E-state index contributed by atoms with van der Waals surface area (Å²) in [6, 6.07) is 6.66. The fourth-order valence-corrected chi connectivity index (χ4v) is 3.71. The first-order chi connectivity index (χ1) is 11.1. The lowest BCUT2D eigenvalue weighted by Crippen LogP contribution is -2.54. The monoisotopic (exact) mass is 319 g/mol. The van der Waals surface area contributed by atoms with E-state index in [9.17, 15) is 9.18 Å². The summed E-state index contributed by atoms with van der Waals surface area (Å²) in [4.78, 5) is 17.0. The molecule has 1 saturated carbocycles. The fraction of sp³-hybridized carbons (Fsp3) is 0.611. The summed E-state index contributed by atoms with van der Waals surface area (Å²) in [5.41, 5.74) is 6.81. The van der Waals surface area contributed by atoms with Crippen LogP contribution in [0.15, 0.2) is 24.3 Å². The zero-order valence-corrected chi connectivity index (χ0v) is 13.6. The lowest BCUT2D eigenvalue weighted by molar-refractivity contribution is -0.136. The predicted octanol–water partition coefficient (Wildman–Crippen LogP) is 2.13. The summed E-state index contributed by atoms with van der Waals surface area (Å²) >= 11 is 0. The molecule has 1 aromatic carbocycles. The van der Waals surface area contributed by atoms with Crippen molar-refractivity contribution in [1.82, 2.24) is 9.80 Å². The highest BCUT2D eigenvalue weighted by Gasteiger charge is 2.40. The number of hydrogen-bond acceptors (Lipinski definition) is 3. The molecule has 1 aromatic rings. The minimum Gasteiger partial charge on any atom is -0.340 e. The molecule has 1 aliphatic carbocycles. The molecule has 0 atom stereocenters. The molecule has 1 amide bonds. The van der Waals surface area contributed by atoms with E-state index in [0.29, 0.717) is 0 Å². The van der Waals surface area contributed by atoms with Crippen LogP contribution >= 0.6 is 0 Å². The van der Waals surface area contributed by atoms with Gasteiger partial charge in [0.05, 0.1) is 5.54 Å². The second kappa shape index (κ2) is 6.97. The van der Waals surface area contributed by atoms with E-state index in [1.165, 1.54) is 12.1 Å². The van der Waals surface area contributed by atoms with Crippen LogP contribution in [-0.4, -0.2) is 47.4 Å². The third-order valence-electron chi connectivity index (χ3n) is 5.12. The number of nitrogens with two attached hydrogens (primary N) is 1. The van der Waals surface area contributed by atoms with Gasteiger partial charge >= 0.3 is 0 Å². The van der Waals surface area contributed by atoms with E-state index in [1.807, 2.05) is 17.0 Å². The van der Waals surface area contributed by atoms with Crippen molar-refractivity contribution in [1.29, 1.82) is 0 Å². The largest absolute Gasteiger partial charge is 0.340 e. The van der Waals surface area contributed by atoms with Gasteiger partial charge in [-0.15, -0.1) is 0 Å². The smallest absolute Gasteiger partial charge is 0.242 e. The van der Waals surface area contributed by atoms with Crippen LogP contribution in [0.1, 0.15) is 37.7 Å². The first-order valence-corrected chi connectivity index (χ1v) is 8.62. The molecule has 5 heteroatoms. The Morgan fingerprint density at radius 3 is 2.43 bits per heavy atom. The Bertz CT molecular complexity index is 540. The molecule has 0 spiro atoms.